The van der Waals surface area contributed by atoms with E-state index in [-0.39, 0.29) is 24.2 Å². The highest BCUT2D eigenvalue weighted by Crippen LogP contribution is 2.18. The lowest BCUT2D eigenvalue weighted by atomic mass is 10.1. The number of aliphatic hydroxyl groups excluding tert-OH is 1. The van der Waals surface area contributed by atoms with Crippen LogP contribution in [0.4, 0.5) is 4.79 Å². The van der Waals surface area contributed by atoms with E-state index in [9.17, 15) is 9.90 Å². The number of β-amino-alcohol motifs (C(OH)–C–C–N with tert-alkyl or cyclic N) is 1. The number of likely N-dealkylation sites (N-methyl/N-ethyl adjacent to an activating group) is 1. The minimum absolute atomic E-state index is 0.0119. The molecule has 1 aliphatic heterocycles. The molecule has 1 aliphatic rings. The van der Waals surface area contributed by atoms with Gasteiger partial charge in [0.25, 0.3) is 0 Å². The van der Waals surface area contributed by atoms with Gasteiger partial charge in [-0.15, -0.1) is 0 Å². The van der Waals surface area contributed by atoms with E-state index in [0.717, 1.165) is 12.3 Å². The molecule has 0 bridgehead atoms. The summed E-state index contributed by atoms with van der Waals surface area (Å²) in [7, 11) is 3.94. The maximum atomic E-state index is 12.5. The molecule has 7 nitrogen and oxygen atoms in total. The minimum Gasteiger partial charge on any atom is -0.468 e. The average Bonchev–Trinajstić information content (AvgIpc) is 3.02. The number of aliphatic hydroxyl groups is 1. The molecule has 0 saturated carbocycles. The molecule has 1 saturated heterocycles. The number of urea groups is 1. The number of rotatable bonds is 6. The Kier molecular flexibility index (Phi) is 6.65. The number of hydrogen-bond donors (Lipinski definition) is 2. The van der Waals surface area contributed by atoms with Crippen LogP contribution in [0.1, 0.15) is 25.6 Å². The number of furan rings is 1. The Balaban J connectivity index is 1.84. The smallest absolute Gasteiger partial charge is 0.317 e. The van der Waals surface area contributed by atoms with Gasteiger partial charge in [0.15, 0.2) is 0 Å². The molecule has 0 radical (unpaired) electrons. The monoisotopic (exact) mass is 338 g/mol. The van der Waals surface area contributed by atoms with Gasteiger partial charge in [0, 0.05) is 38.8 Å². The standard InChI is InChI=1S/C17H30N4O3/c1-13-11-21(8-7-20(13)12-14(2)22)17(23)18-10-15(19(3)4)16-6-5-9-24-16/h5-6,9,13-15,22H,7-8,10-12H2,1-4H3,(H,18,23)/t13-,14-,15-/m0/s1. The molecule has 2 heterocycles. The van der Waals surface area contributed by atoms with Crippen LogP contribution >= 0.6 is 0 Å². The van der Waals surface area contributed by atoms with E-state index in [0.29, 0.717) is 26.2 Å². The number of nitrogens with one attached hydrogen (secondary N) is 1. The number of piperazine rings is 1. The van der Waals surface area contributed by atoms with Crippen LogP contribution in [0.25, 0.3) is 0 Å². The number of carbonyl (C=O) groups is 1. The summed E-state index contributed by atoms with van der Waals surface area (Å²) in [5.41, 5.74) is 0. The van der Waals surface area contributed by atoms with Crippen LogP contribution in [0.3, 0.4) is 0 Å². The van der Waals surface area contributed by atoms with Crippen LogP contribution in [-0.2, 0) is 0 Å². The zero-order valence-electron chi connectivity index (χ0n) is 15.1. The second-order valence-electron chi connectivity index (χ2n) is 6.82. The molecule has 7 heteroatoms. The highest BCUT2D eigenvalue weighted by molar-refractivity contribution is 5.74. The number of hydrogen-bond acceptors (Lipinski definition) is 5. The summed E-state index contributed by atoms with van der Waals surface area (Å²) in [5.74, 6) is 0.843. The molecule has 1 aromatic rings. The van der Waals surface area contributed by atoms with Gasteiger partial charge < -0.3 is 19.7 Å². The Morgan fingerprint density at radius 1 is 1.50 bits per heavy atom. The molecule has 0 spiro atoms. The molecular weight excluding hydrogens is 308 g/mol. The van der Waals surface area contributed by atoms with Gasteiger partial charge in [-0.3, -0.25) is 9.80 Å². The number of nitrogens with zero attached hydrogens (tertiary/aromatic N) is 3. The van der Waals surface area contributed by atoms with Crippen molar-refractivity contribution in [2.75, 3.05) is 46.8 Å². The summed E-state index contributed by atoms with van der Waals surface area (Å²) in [6.07, 6.45) is 1.30. The highest BCUT2D eigenvalue weighted by atomic mass is 16.3. The first-order valence-corrected chi connectivity index (χ1v) is 8.53. The van der Waals surface area contributed by atoms with E-state index in [1.54, 1.807) is 13.2 Å². The predicted molar refractivity (Wildman–Crippen MR) is 92.8 cm³/mol. The third-order valence-electron chi connectivity index (χ3n) is 4.49. The van der Waals surface area contributed by atoms with Crippen LogP contribution < -0.4 is 5.32 Å². The average molecular weight is 338 g/mol. The fraction of sp³-hybridized carbons (Fsp3) is 0.706. The Morgan fingerprint density at radius 2 is 2.25 bits per heavy atom. The van der Waals surface area contributed by atoms with Crippen molar-refractivity contribution in [1.82, 2.24) is 20.0 Å². The van der Waals surface area contributed by atoms with Gasteiger partial charge in [0.05, 0.1) is 18.4 Å². The molecule has 0 aromatic carbocycles. The first-order chi connectivity index (χ1) is 11.4. The van der Waals surface area contributed by atoms with Crippen LogP contribution in [0.5, 0.6) is 0 Å². The Hall–Kier alpha value is -1.57. The van der Waals surface area contributed by atoms with E-state index >= 15 is 0 Å². The van der Waals surface area contributed by atoms with Crippen molar-refractivity contribution in [3.8, 4) is 0 Å². The predicted octanol–water partition coefficient (Wildman–Crippen LogP) is 0.979. The van der Waals surface area contributed by atoms with Gasteiger partial charge >= 0.3 is 6.03 Å². The van der Waals surface area contributed by atoms with Gasteiger partial charge in [0.1, 0.15) is 5.76 Å². The maximum Gasteiger partial charge on any atom is 0.317 e. The zero-order valence-corrected chi connectivity index (χ0v) is 15.1. The molecule has 2 amide bonds. The summed E-state index contributed by atoms with van der Waals surface area (Å²) in [6, 6.07) is 3.99. The third kappa shape index (κ3) is 4.96. The van der Waals surface area contributed by atoms with E-state index in [1.165, 1.54) is 0 Å². The molecule has 24 heavy (non-hydrogen) atoms. The molecule has 2 N–H and O–H groups in total. The first-order valence-electron chi connectivity index (χ1n) is 8.53. The quantitative estimate of drug-likeness (QED) is 0.809. The van der Waals surface area contributed by atoms with Crippen LogP contribution in [0.2, 0.25) is 0 Å². The normalized spacial score (nSPS) is 21.8. The second-order valence-corrected chi connectivity index (χ2v) is 6.82. The summed E-state index contributed by atoms with van der Waals surface area (Å²) in [5, 5.41) is 12.6. The van der Waals surface area contributed by atoms with Crippen molar-refractivity contribution >= 4 is 6.03 Å². The Labute approximate surface area is 144 Å². The van der Waals surface area contributed by atoms with Gasteiger partial charge in [-0.1, -0.05) is 0 Å². The summed E-state index contributed by atoms with van der Waals surface area (Å²) >= 11 is 0. The van der Waals surface area contributed by atoms with Crippen molar-refractivity contribution in [1.29, 1.82) is 0 Å². The third-order valence-corrected chi connectivity index (χ3v) is 4.49. The first kappa shape index (κ1) is 18.8. The van der Waals surface area contributed by atoms with Crippen molar-refractivity contribution < 1.29 is 14.3 Å². The van der Waals surface area contributed by atoms with Gasteiger partial charge in [-0.05, 0) is 40.1 Å². The molecule has 2 rings (SSSR count). The van der Waals surface area contributed by atoms with Gasteiger partial charge in [0.2, 0.25) is 0 Å². The van der Waals surface area contributed by atoms with E-state index in [4.69, 9.17) is 4.42 Å². The number of carbonyl (C=O) groups excluding carboxylic acids is 1. The van der Waals surface area contributed by atoms with Crippen molar-refractivity contribution in [3.05, 3.63) is 24.2 Å². The summed E-state index contributed by atoms with van der Waals surface area (Å²) in [6.45, 7) is 7.17. The Bertz CT molecular complexity index is 504. The fourth-order valence-corrected chi connectivity index (χ4v) is 3.10. The summed E-state index contributed by atoms with van der Waals surface area (Å²) < 4.78 is 5.47. The van der Waals surface area contributed by atoms with Crippen molar-refractivity contribution in [2.24, 2.45) is 0 Å². The second kappa shape index (κ2) is 8.50. The Morgan fingerprint density at radius 3 is 2.79 bits per heavy atom. The van der Waals surface area contributed by atoms with E-state index in [1.807, 2.05) is 36.0 Å². The van der Waals surface area contributed by atoms with Crippen LogP contribution in [0.15, 0.2) is 22.8 Å². The summed E-state index contributed by atoms with van der Waals surface area (Å²) in [4.78, 5) is 18.6. The number of amides is 2. The van der Waals surface area contributed by atoms with Crippen LogP contribution in [-0.4, -0.2) is 84.8 Å². The minimum atomic E-state index is -0.345. The van der Waals surface area contributed by atoms with Gasteiger partial charge in [-0.2, -0.15) is 0 Å². The fourth-order valence-electron chi connectivity index (χ4n) is 3.10. The zero-order chi connectivity index (χ0) is 17.7. The maximum absolute atomic E-state index is 12.5. The van der Waals surface area contributed by atoms with Crippen molar-refractivity contribution in [2.45, 2.75) is 32.0 Å². The SMILES string of the molecule is C[C@H](O)CN1CCN(C(=O)NC[C@@H](c2ccco2)N(C)C)C[C@@H]1C. The molecule has 1 aromatic heterocycles. The largest absolute Gasteiger partial charge is 0.468 e. The topological polar surface area (TPSA) is 72.2 Å². The molecule has 0 unspecified atom stereocenters. The lowest BCUT2D eigenvalue weighted by Crippen LogP contribution is -2.57. The van der Waals surface area contributed by atoms with Crippen LogP contribution in [0, 0.1) is 0 Å². The molecule has 1 fully saturated rings. The molecular formula is C17H30N4O3. The molecule has 0 aliphatic carbocycles. The lowest BCUT2D eigenvalue weighted by Gasteiger charge is -2.40. The van der Waals surface area contributed by atoms with E-state index < -0.39 is 0 Å². The van der Waals surface area contributed by atoms with Gasteiger partial charge in [-0.25, -0.2) is 4.79 Å². The highest BCUT2D eigenvalue weighted by Gasteiger charge is 2.28. The lowest BCUT2D eigenvalue weighted by molar-refractivity contribution is 0.0563. The van der Waals surface area contributed by atoms with Crippen molar-refractivity contribution in [3.63, 3.8) is 0 Å². The molecule has 3 atom stereocenters. The molecule has 136 valence electrons. The van der Waals surface area contributed by atoms with E-state index in [2.05, 4.69) is 17.1 Å².